The standard InChI is InChI=1S/C22H24N8O3S/c23-17(24)13-27-21(31)28-15-7-5-14(6-8-15)20-29-16(12-18(25)30-20)22(9-3-10-22)34(32,33)19-4-1-2-11-26-19/h1-2,4-8,11-12H,3,9-10,13H2,(H3,23,24)(H2,25,29,30)(H2,27,28,31). The van der Waals surface area contributed by atoms with Crippen LogP contribution in [-0.2, 0) is 14.6 Å². The number of nitrogen functional groups attached to an aromatic ring is 1. The number of carbonyl (C=O) groups is 1. The predicted octanol–water partition coefficient (Wildman–Crippen LogP) is 2.03. The number of amidine groups is 1. The van der Waals surface area contributed by atoms with Gasteiger partial charge in [0.15, 0.2) is 10.9 Å². The molecule has 0 bridgehead atoms. The number of anilines is 2. The van der Waals surface area contributed by atoms with Crippen molar-refractivity contribution in [1.29, 1.82) is 5.41 Å². The van der Waals surface area contributed by atoms with Crippen LogP contribution in [0, 0.1) is 5.41 Å². The van der Waals surface area contributed by atoms with Crippen molar-refractivity contribution in [2.45, 2.75) is 29.0 Å². The molecule has 2 heterocycles. The van der Waals surface area contributed by atoms with Crippen LogP contribution in [-0.4, -0.2) is 41.8 Å². The molecule has 34 heavy (non-hydrogen) atoms. The molecule has 1 aromatic carbocycles. The zero-order valence-electron chi connectivity index (χ0n) is 18.2. The van der Waals surface area contributed by atoms with Crippen LogP contribution < -0.4 is 22.1 Å². The van der Waals surface area contributed by atoms with Crippen molar-refractivity contribution in [2.24, 2.45) is 5.73 Å². The molecule has 7 N–H and O–H groups in total. The molecular weight excluding hydrogens is 456 g/mol. The Hall–Kier alpha value is -4.06. The summed E-state index contributed by atoms with van der Waals surface area (Å²) >= 11 is 0. The van der Waals surface area contributed by atoms with Crippen LogP contribution in [0.5, 0.6) is 0 Å². The Labute approximate surface area is 196 Å². The van der Waals surface area contributed by atoms with Crippen LogP contribution in [0.4, 0.5) is 16.3 Å². The summed E-state index contributed by atoms with van der Waals surface area (Å²) in [6, 6.07) is 12.5. The number of nitrogens with two attached hydrogens (primary N) is 2. The quantitative estimate of drug-likeness (QED) is 0.250. The first-order valence-electron chi connectivity index (χ1n) is 10.5. The van der Waals surface area contributed by atoms with E-state index in [1.165, 1.54) is 18.3 Å². The number of hydrogen-bond acceptors (Lipinski definition) is 8. The van der Waals surface area contributed by atoms with Gasteiger partial charge >= 0.3 is 6.03 Å². The van der Waals surface area contributed by atoms with Gasteiger partial charge in [-0.3, -0.25) is 5.41 Å². The third kappa shape index (κ3) is 4.39. The third-order valence-corrected chi connectivity index (χ3v) is 8.08. The Kier molecular flexibility index (Phi) is 6.16. The van der Waals surface area contributed by atoms with E-state index in [0.717, 1.165) is 6.42 Å². The van der Waals surface area contributed by atoms with Crippen LogP contribution in [0.3, 0.4) is 0 Å². The molecule has 0 saturated heterocycles. The largest absolute Gasteiger partial charge is 0.386 e. The molecule has 0 atom stereocenters. The summed E-state index contributed by atoms with van der Waals surface area (Å²) < 4.78 is 25.8. The summed E-state index contributed by atoms with van der Waals surface area (Å²) in [5.74, 6) is 0.285. The summed E-state index contributed by atoms with van der Waals surface area (Å²) in [5, 5.41) is 12.2. The number of urea groups is 1. The molecule has 3 aromatic rings. The third-order valence-electron chi connectivity index (χ3n) is 5.64. The minimum Gasteiger partial charge on any atom is -0.386 e. The Morgan fingerprint density at radius 1 is 1.12 bits per heavy atom. The van der Waals surface area contributed by atoms with Crippen molar-refractivity contribution in [2.75, 3.05) is 17.6 Å². The first-order valence-corrected chi connectivity index (χ1v) is 12.0. The number of benzene rings is 1. The van der Waals surface area contributed by atoms with E-state index in [2.05, 4.69) is 25.6 Å². The number of nitrogens with zero attached hydrogens (tertiary/aromatic N) is 3. The average molecular weight is 481 g/mol. The minimum absolute atomic E-state index is 0.00640. The Morgan fingerprint density at radius 2 is 1.85 bits per heavy atom. The van der Waals surface area contributed by atoms with Gasteiger partial charge in [-0.15, -0.1) is 0 Å². The molecule has 0 radical (unpaired) electrons. The van der Waals surface area contributed by atoms with Crippen molar-refractivity contribution in [3.63, 3.8) is 0 Å². The van der Waals surface area contributed by atoms with Gasteiger partial charge < -0.3 is 22.1 Å². The second kappa shape index (κ2) is 9.06. The van der Waals surface area contributed by atoms with E-state index < -0.39 is 20.6 Å². The van der Waals surface area contributed by atoms with Gasteiger partial charge in [0.1, 0.15) is 16.4 Å². The number of sulfone groups is 1. The zero-order chi connectivity index (χ0) is 24.3. The molecule has 1 aliphatic rings. The van der Waals surface area contributed by atoms with E-state index in [1.807, 2.05) is 0 Å². The number of rotatable bonds is 7. The lowest BCUT2D eigenvalue weighted by molar-refractivity contribution is 0.253. The number of hydrogen-bond donors (Lipinski definition) is 5. The molecular formula is C22H24N8O3S. The van der Waals surface area contributed by atoms with Crippen molar-refractivity contribution in [1.82, 2.24) is 20.3 Å². The van der Waals surface area contributed by atoms with E-state index in [1.54, 1.807) is 36.4 Å². The molecule has 1 fully saturated rings. The number of nitrogens with one attached hydrogen (secondary N) is 3. The smallest absolute Gasteiger partial charge is 0.319 e. The second-order valence-corrected chi connectivity index (χ2v) is 10.1. The van der Waals surface area contributed by atoms with Gasteiger partial charge in [-0.25, -0.2) is 28.2 Å². The van der Waals surface area contributed by atoms with Gasteiger partial charge in [-0.2, -0.15) is 0 Å². The first-order chi connectivity index (χ1) is 16.2. The minimum atomic E-state index is -3.80. The maximum Gasteiger partial charge on any atom is 0.319 e. The molecule has 1 saturated carbocycles. The molecule has 0 spiro atoms. The van der Waals surface area contributed by atoms with Crippen molar-refractivity contribution < 1.29 is 13.2 Å². The molecule has 4 rings (SSSR count). The fourth-order valence-electron chi connectivity index (χ4n) is 3.75. The number of carbonyl (C=O) groups excluding carboxylic acids is 1. The van der Waals surface area contributed by atoms with Gasteiger partial charge in [-0.05, 0) is 55.7 Å². The highest BCUT2D eigenvalue weighted by molar-refractivity contribution is 7.92. The second-order valence-electron chi connectivity index (χ2n) is 7.93. The normalized spacial score (nSPS) is 14.6. The molecule has 12 heteroatoms. The lowest BCUT2D eigenvalue weighted by atomic mass is 9.81. The lowest BCUT2D eigenvalue weighted by Gasteiger charge is -2.40. The van der Waals surface area contributed by atoms with Crippen LogP contribution in [0.1, 0.15) is 25.0 Å². The van der Waals surface area contributed by atoms with Gasteiger partial charge in [0.05, 0.1) is 12.2 Å². The monoisotopic (exact) mass is 480 g/mol. The topological polar surface area (TPSA) is 190 Å². The summed E-state index contributed by atoms with van der Waals surface area (Å²) in [7, 11) is -3.80. The maximum absolute atomic E-state index is 13.5. The molecule has 2 amide bonds. The maximum atomic E-state index is 13.5. The molecule has 2 aromatic heterocycles. The Morgan fingerprint density at radius 3 is 2.44 bits per heavy atom. The Bertz CT molecular complexity index is 1320. The number of amides is 2. The summed E-state index contributed by atoms with van der Waals surface area (Å²) in [6.07, 6.45) is 3.03. The summed E-state index contributed by atoms with van der Waals surface area (Å²) in [4.78, 5) is 24.8. The van der Waals surface area contributed by atoms with Crippen molar-refractivity contribution in [3.05, 3.63) is 60.4 Å². The van der Waals surface area contributed by atoms with Gasteiger partial charge in [0.25, 0.3) is 0 Å². The van der Waals surface area contributed by atoms with Crippen molar-refractivity contribution in [3.8, 4) is 11.4 Å². The van der Waals surface area contributed by atoms with E-state index in [4.69, 9.17) is 16.9 Å². The Balaban J connectivity index is 1.63. The molecule has 1 aliphatic carbocycles. The predicted molar refractivity (Wildman–Crippen MR) is 128 cm³/mol. The number of pyridine rings is 1. The first kappa shape index (κ1) is 23.1. The lowest BCUT2D eigenvalue weighted by Crippen LogP contribution is -2.43. The van der Waals surface area contributed by atoms with Crippen molar-refractivity contribution >= 4 is 33.2 Å². The molecule has 11 nitrogen and oxygen atoms in total. The van der Waals surface area contributed by atoms with Gasteiger partial charge in [0, 0.05) is 23.5 Å². The molecule has 0 unspecified atom stereocenters. The van der Waals surface area contributed by atoms with E-state index in [9.17, 15) is 13.2 Å². The number of aromatic nitrogens is 3. The van der Waals surface area contributed by atoms with Gasteiger partial charge in [-0.1, -0.05) is 6.07 Å². The summed E-state index contributed by atoms with van der Waals surface area (Å²) in [5.41, 5.74) is 12.7. The van der Waals surface area contributed by atoms with E-state index in [-0.39, 0.29) is 29.0 Å². The van der Waals surface area contributed by atoms with Crippen LogP contribution in [0.2, 0.25) is 0 Å². The van der Waals surface area contributed by atoms with Crippen LogP contribution in [0.25, 0.3) is 11.4 Å². The van der Waals surface area contributed by atoms with E-state index in [0.29, 0.717) is 29.8 Å². The highest BCUT2D eigenvalue weighted by atomic mass is 32.2. The fraction of sp³-hybridized carbons (Fsp3) is 0.227. The fourth-order valence-corrected chi connectivity index (χ4v) is 5.81. The highest BCUT2D eigenvalue weighted by Crippen LogP contribution is 2.50. The average Bonchev–Trinajstić information content (AvgIpc) is 2.77. The zero-order valence-corrected chi connectivity index (χ0v) is 19.0. The SMILES string of the molecule is N=C(N)CNC(=O)Nc1ccc(-c2nc(N)cc(C3(S(=O)(=O)c4ccccn4)CCC3)n2)cc1. The highest BCUT2D eigenvalue weighted by Gasteiger charge is 2.53. The van der Waals surface area contributed by atoms with Crippen LogP contribution in [0.15, 0.2) is 59.8 Å². The molecule has 0 aliphatic heterocycles. The molecule has 176 valence electrons. The van der Waals surface area contributed by atoms with E-state index >= 15 is 0 Å². The van der Waals surface area contributed by atoms with Gasteiger partial charge in [0.2, 0.25) is 9.84 Å². The van der Waals surface area contributed by atoms with Crippen LogP contribution >= 0.6 is 0 Å². The summed E-state index contributed by atoms with van der Waals surface area (Å²) in [6.45, 7) is -0.0625.